The van der Waals surface area contributed by atoms with Crippen molar-refractivity contribution in [3.63, 3.8) is 0 Å². The van der Waals surface area contributed by atoms with Crippen LogP contribution in [-0.4, -0.2) is 23.2 Å². The second-order valence-corrected chi connectivity index (χ2v) is 8.60. The Labute approximate surface area is 160 Å². The minimum Gasteiger partial charge on any atom is -0.421 e. The van der Waals surface area contributed by atoms with Crippen LogP contribution in [0.1, 0.15) is 22.8 Å². The summed E-state index contributed by atoms with van der Waals surface area (Å²) in [5.41, 5.74) is 3.17. The van der Waals surface area contributed by atoms with Gasteiger partial charge in [0.15, 0.2) is 0 Å². The van der Waals surface area contributed by atoms with Crippen molar-refractivity contribution < 1.29 is 12.8 Å². The molecule has 0 unspecified atom stereocenters. The van der Waals surface area contributed by atoms with Crippen LogP contribution in [-0.2, 0) is 17.1 Å². The molecule has 9 heteroatoms. The summed E-state index contributed by atoms with van der Waals surface area (Å²) in [7, 11) is -2.05. The van der Waals surface area contributed by atoms with Crippen molar-refractivity contribution in [3.8, 4) is 11.5 Å². The maximum absolute atomic E-state index is 13.2. The van der Waals surface area contributed by atoms with Gasteiger partial charge >= 0.3 is 0 Å². The van der Waals surface area contributed by atoms with E-state index in [1.807, 2.05) is 13.8 Å². The van der Waals surface area contributed by atoms with E-state index >= 15 is 0 Å². The fourth-order valence-electron chi connectivity index (χ4n) is 2.81. The summed E-state index contributed by atoms with van der Waals surface area (Å²) in [5.74, 6) is 0.566. The number of aryl methyl sites for hydroxylation is 2. The molecule has 0 aliphatic heterocycles. The summed E-state index contributed by atoms with van der Waals surface area (Å²) in [6, 6.07) is 5.28. The zero-order valence-electron chi connectivity index (χ0n) is 15.1. The highest BCUT2D eigenvalue weighted by molar-refractivity contribution is 9.10. The topological polar surface area (TPSA) is 90.0 Å². The van der Waals surface area contributed by atoms with Gasteiger partial charge < -0.3 is 8.98 Å². The molecule has 0 saturated carbocycles. The molecule has 26 heavy (non-hydrogen) atoms. The summed E-state index contributed by atoms with van der Waals surface area (Å²) in [6.07, 6.45) is 0. The van der Waals surface area contributed by atoms with Crippen LogP contribution in [0.3, 0.4) is 0 Å². The lowest BCUT2D eigenvalue weighted by Crippen LogP contribution is -2.15. The average molecular weight is 439 g/mol. The van der Waals surface area contributed by atoms with Crippen LogP contribution < -0.4 is 4.72 Å². The fourth-order valence-corrected chi connectivity index (χ4v) is 4.62. The monoisotopic (exact) mass is 438 g/mol. The largest absolute Gasteiger partial charge is 0.421 e. The maximum Gasteiger partial charge on any atom is 0.264 e. The lowest BCUT2D eigenvalue weighted by molar-refractivity contribution is 0.530. The molecule has 3 rings (SSSR count). The van der Waals surface area contributed by atoms with Crippen molar-refractivity contribution in [2.75, 3.05) is 4.72 Å². The maximum atomic E-state index is 13.2. The number of rotatable bonds is 4. The molecule has 7 nitrogen and oxygen atoms in total. The Morgan fingerprint density at radius 1 is 1.12 bits per heavy atom. The van der Waals surface area contributed by atoms with Crippen LogP contribution in [0.15, 0.2) is 32.0 Å². The van der Waals surface area contributed by atoms with Crippen LogP contribution in [0.25, 0.3) is 11.5 Å². The highest BCUT2D eigenvalue weighted by atomic mass is 79.9. The normalized spacial score (nSPS) is 11.8. The van der Waals surface area contributed by atoms with E-state index in [0.29, 0.717) is 22.8 Å². The molecule has 138 valence electrons. The first-order valence-corrected chi connectivity index (χ1v) is 10.1. The van der Waals surface area contributed by atoms with Crippen molar-refractivity contribution >= 4 is 31.6 Å². The van der Waals surface area contributed by atoms with E-state index in [1.165, 1.54) is 0 Å². The van der Waals surface area contributed by atoms with Crippen LogP contribution in [0.4, 0.5) is 5.69 Å². The summed E-state index contributed by atoms with van der Waals surface area (Å²) in [5, 5.41) is 7.83. The summed E-state index contributed by atoms with van der Waals surface area (Å²) >= 11 is 3.41. The fraction of sp³-hybridized carbons (Fsp3) is 0.294. The number of halogens is 1. The predicted molar refractivity (Wildman–Crippen MR) is 103 cm³/mol. The lowest BCUT2D eigenvalue weighted by Gasteiger charge is -2.10. The first-order valence-electron chi connectivity index (χ1n) is 7.87. The summed E-state index contributed by atoms with van der Waals surface area (Å²) in [6.45, 7) is 7.14. The summed E-state index contributed by atoms with van der Waals surface area (Å²) in [4.78, 5) is 0.140. The second kappa shape index (κ2) is 6.55. The Bertz CT molecular complexity index is 1100. The minimum atomic E-state index is -3.86. The minimum absolute atomic E-state index is 0.140. The first kappa shape index (κ1) is 18.7. The molecule has 0 bridgehead atoms. The molecule has 0 aliphatic carbocycles. The molecule has 0 radical (unpaired) electrons. The van der Waals surface area contributed by atoms with E-state index in [1.54, 1.807) is 43.7 Å². The Balaban J connectivity index is 2.15. The van der Waals surface area contributed by atoms with Gasteiger partial charge in [-0.05, 0) is 44.5 Å². The zero-order chi connectivity index (χ0) is 19.2. The Morgan fingerprint density at radius 3 is 2.38 bits per heavy atom. The molecular formula is C17H19BrN4O3S. The molecular weight excluding hydrogens is 420 g/mol. The van der Waals surface area contributed by atoms with E-state index in [-0.39, 0.29) is 10.8 Å². The van der Waals surface area contributed by atoms with Gasteiger partial charge in [0.25, 0.3) is 15.9 Å². The molecule has 0 spiro atoms. The van der Waals surface area contributed by atoms with Gasteiger partial charge in [0.05, 0.1) is 5.56 Å². The molecule has 1 aromatic carbocycles. The lowest BCUT2D eigenvalue weighted by atomic mass is 10.2. The SMILES string of the molecule is Cc1nnc(-c2c(S(=O)(=O)Nc3ccc(Br)c(C)c3)c(C)n(C)c2C)o1. The van der Waals surface area contributed by atoms with Crippen molar-refractivity contribution in [1.29, 1.82) is 0 Å². The second-order valence-electron chi connectivity index (χ2n) is 6.13. The molecule has 3 aromatic rings. The van der Waals surface area contributed by atoms with Gasteiger partial charge in [-0.25, -0.2) is 8.42 Å². The summed E-state index contributed by atoms with van der Waals surface area (Å²) < 4.78 is 37.2. The number of sulfonamides is 1. The van der Waals surface area contributed by atoms with Crippen molar-refractivity contribution in [2.45, 2.75) is 32.6 Å². The molecule has 2 heterocycles. The molecule has 0 atom stereocenters. The molecule has 0 saturated heterocycles. The van der Waals surface area contributed by atoms with Gasteiger partial charge in [-0.15, -0.1) is 10.2 Å². The highest BCUT2D eigenvalue weighted by Gasteiger charge is 2.30. The number of hydrogen-bond donors (Lipinski definition) is 1. The third kappa shape index (κ3) is 3.16. The molecule has 1 N–H and O–H groups in total. The Morgan fingerprint density at radius 2 is 1.81 bits per heavy atom. The average Bonchev–Trinajstić information content (AvgIpc) is 3.08. The molecule has 2 aromatic heterocycles. The predicted octanol–water partition coefficient (Wildman–Crippen LogP) is 3.87. The van der Waals surface area contributed by atoms with Gasteiger partial charge in [0.1, 0.15) is 4.90 Å². The Kier molecular flexibility index (Phi) is 4.70. The number of nitrogens with one attached hydrogen (secondary N) is 1. The zero-order valence-corrected chi connectivity index (χ0v) is 17.5. The van der Waals surface area contributed by atoms with Crippen LogP contribution in [0.2, 0.25) is 0 Å². The number of anilines is 1. The number of hydrogen-bond acceptors (Lipinski definition) is 5. The van der Waals surface area contributed by atoms with Gasteiger partial charge in [-0.2, -0.15) is 0 Å². The van der Waals surface area contributed by atoms with E-state index < -0.39 is 10.0 Å². The van der Waals surface area contributed by atoms with Gasteiger partial charge in [0.2, 0.25) is 5.89 Å². The smallest absolute Gasteiger partial charge is 0.264 e. The third-order valence-electron chi connectivity index (χ3n) is 4.34. The van der Waals surface area contributed by atoms with E-state index in [2.05, 4.69) is 30.8 Å². The van der Waals surface area contributed by atoms with E-state index in [0.717, 1.165) is 15.7 Å². The van der Waals surface area contributed by atoms with Crippen molar-refractivity contribution in [2.24, 2.45) is 7.05 Å². The standard InChI is InChI=1S/C17H19BrN4O3S/c1-9-8-13(6-7-14(9)18)21-26(23,24)16-11(3)22(5)10(2)15(16)17-20-19-12(4)25-17/h6-8,21H,1-5H3. The first-order chi connectivity index (χ1) is 12.1. The van der Waals surface area contributed by atoms with Crippen LogP contribution in [0.5, 0.6) is 0 Å². The molecule has 0 amide bonds. The third-order valence-corrected chi connectivity index (χ3v) is 6.77. The van der Waals surface area contributed by atoms with E-state index in [4.69, 9.17) is 4.42 Å². The van der Waals surface area contributed by atoms with Gasteiger partial charge in [-0.3, -0.25) is 4.72 Å². The van der Waals surface area contributed by atoms with Crippen molar-refractivity contribution in [1.82, 2.24) is 14.8 Å². The van der Waals surface area contributed by atoms with Crippen LogP contribution >= 0.6 is 15.9 Å². The van der Waals surface area contributed by atoms with Gasteiger partial charge in [0, 0.05) is 35.5 Å². The van der Waals surface area contributed by atoms with Gasteiger partial charge in [-0.1, -0.05) is 15.9 Å². The van der Waals surface area contributed by atoms with Crippen molar-refractivity contribution in [3.05, 3.63) is 45.5 Å². The Hall–Kier alpha value is -2.13. The number of aromatic nitrogens is 3. The molecule has 0 aliphatic rings. The quantitative estimate of drug-likeness (QED) is 0.667. The number of benzene rings is 1. The number of nitrogens with zero attached hydrogens (tertiary/aromatic N) is 3. The highest BCUT2D eigenvalue weighted by Crippen LogP contribution is 2.35. The van der Waals surface area contributed by atoms with E-state index in [9.17, 15) is 8.42 Å². The molecule has 0 fully saturated rings. The van der Waals surface area contributed by atoms with Crippen LogP contribution in [0, 0.1) is 27.7 Å².